The molecule has 2 unspecified atom stereocenters. The summed E-state index contributed by atoms with van der Waals surface area (Å²) in [4.78, 5) is 2.52. The van der Waals surface area contributed by atoms with E-state index in [1.54, 1.807) is 11.3 Å². The molecule has 2 atom stereocenters. The average Bonchev–Trinajstić information content (AvgIpc) is 2.60. The lowest BCUT2D eigenvalue weighted by molar-refractivity contribution is 0.0739. The summed E-state index contributed by atoms with van der Waals surface area (Å²) in [5.41, 5.74) is 1.66. The van der Waals surface area contributed by atoms with Crippen LogP contribution in [-0.2, 0) is 6.54 Å². The number of halogens is 1. The van der Waals surface area contributed by atoms with Gasteiger partial charge in [-0.05, 0) is 86.1 Å². The standard InChI is InChI=1S/C15H25BrN2S/c1-15(2,3)17-8-12-5-6-13(12)18(4)9-11-7-14(16)19-10-11/h7,10,12-13,17H,5-6,8-9H2,1-4H3. The topological polar surface area (TPSA) is 15.3 Å². The summed E-state index contributed by atoms with van der Waals surface area (Å²) in [6.45, 7) is 8.94. The van der Waals surface area contributed by atoms with Crippen molar-refractivity contribution in [3.05, 3.63) is 20.8 Å². The lowest BCUT2D eigenvalue weighted by Crippen LogP contribution is -2.51. The number of hydrogen-bond donors (Lipinski definition) is 1. The molecule has 1 aromatic rings. The smallest absolute Gasteiger partial charge is 0.0701 e. The summed E-state index contributed by atoms with van der Waals surface area (Å²) in [6.07, 6.45) is 2.71. The molecule has 1 aliphatic rings. The van der Waals surface area contributed by atoms with E-state index in [1.807, 2.05) is 0 Å². The monoisotopic (exact) mass is 344 g/mol. The maximum absolute atomic E-state index is 3.64. The number of nitrogens with one attached hydrogen (secondary N) is 1. The molecule has 0 radical (unpaired) electrons. The Kier molecular flexibility index (Phi) is 5.09. The third-order valence-corrected chi connectivity index (χ3v) is 5.45. The molecule has 0 aromatic carbocycles. The first kappa shape index (κ1) is 15.5. The van der Waals surface area contributed by atoms with Gasteiger partial charge in [0.25, 0.3) is 0 Å². The van der Waals surface area contributed by atoms with Crippen LogP contribution in [0.15, 0.2) is 15.2 Å². The minimum atomic E-state index is 0.233. The molecule has 2 rings (SSSR count). The van der Waals surface area contributed by atoms with Gasteiger partial charge >= 0.3 is 0 Å². The van der Waals surface area contributed by atoms with Crippen LogP contribution in [0.1, 0.15) is 39.2 Å². The van der Waals surface area contributed by atoms with Gasteiger partial charge in [0.1, 0.15) is 0 Å². The highest BCUT2D eigenvalue weighted by Crippen LogP contribution is 2.33. The molecule has 1 N–H and O–H groups in total. The lowest BCUT2D eigenvalue weighted by atomic mass is 9.78. The molecule has 1 aliphatic carbocycles. The first-order chi connectivity index (χ1) is 8.85. The van der Waals surface area contributed by atoms with E-state index in [1.165, 1.54) is 22.2 Å². The molecule has 4 heteroatoms. The van der Waals surface area contributed by atoms with Crippen LogP contribution in [0.3, 0.4) is 0 Å². The van der Waals surface area contributed by atoms with Crippen LogP contribution in [-0.4, -0.2) is 30.1 Å². The van der Waals surface area contributed by atoms with E-state index < -0.39 is 0 Å². The van der Waals surface area contributed by atoms with Crippen molar-refractivity contribution in [3.8, 4) is 0 Å². The van der Waals surface area contributed by atoms with Crippen LogP contribution in [0.2, 0.25) is 0 Å². The third kappa shape index (κ3) is 4.55. The van der Waals surface area contributed by atoms with Crippen molar-refractivity contribution >= 4 is 27.3 Å². The lowest BCUT2D eigenvalue weighted by Gasteiger charge is -2.44. The third-order valence-electron chi connectivity index (χ3n) is 3.89. The summed E-state index contributed by atoms with van der Waals surface area (Å²) >= 11 is 5.31. The molecule has 1 aromatic heterocycles. The fraction of sp³-hybridized carbons (Fsp3) is 0.733. The van der Waals surface area contributed by atoms with Crippen molar-refractivity contribution in [2.75, 3.05) is 13.6 Å². The van der Waals surface area contributed by atoms with Crippen LogP contribution >= 0.6 is 27.3 Å². The molecule has 1 fully saturated rings. The molecule has 1 heterocycles. The van der Waals surface area contributed by atoms with Crippen LogP contribution < -0.4 is 5.32 Å². The van der Waals surface area contributed by atoms with Crippen molar-refractivity contribution in [1.29, 1.82) is 0 Å². The van der Waals surface area contributed by atoms with E-state index in [4.69, 9.17) is 0 Å². The molecule has 0 amide bonds. The van der Waals surface area contributed by atoms with Gasteiger partial charge in [-0.2, -0.15) is 0 Å². The quantitative estimate of drug-likeness (QED) is 0.864. The fourth-order valence-electron chi connectivity index (χ4n) is 2.64. The minimum absolute atomic E-state index is 0.233. The number of nitrogens with zero attached hydrogens (tertiary/aromatic N) is 1. The molecule has 108 valence electrons. The SMILES string of the molecule is CN(Cc1csc(Br)c1)C1CCC1CNC(C)(C)C. The van der Waals surface area contributed by atoms with E-state index in [2.05, 4.69) is 65.4 Å². The highest BCUT2D eigenvalue weighted by atomic mass is 79.9. The predicted octanol–water partition coefficient (Wildman–Crippen LogP) is 4.11. The summed E-state index contributed by atoms with van der Waals surface area (Å²) in [7, 11) is 2.26. The molecule has 0 saturated heterocycles. The van der Waals surface area contributed by atoms with E-state index >= 15 is 0 Å². The van der Waals surface area contributed by atoms with Crippen molar-refractivity contribution in [2.24, 2.45) is 5.92 Å². The zero-order valence-electron chi connectivity index (χ0n) is 12.4. The molecule has 1 saturated carbocycles. The second-order valence-electron chi connectivity index (χ2n) is 6.71. The fourth-order valence-corrected chi connectivity index (χ4v) is 3.84. The Morgan fingerprint density at radius 3 is 2.63 bits per heavy atom. The summed E-state index contributed by atoms with van der Waals surface area (Å²) in [6, 6.07) is 2.98. The van der Waals surface area contributed by atoms with Gasteiger partial charge in [-0.25, -0.2) is 0 Å². The Morgan fingerprint density at radius 2 is 2.16 bits per heavy atom. The van der Waals surface area contributed by atoms with Crippen LogP contribution in [0.4, 0.5) is 0 Å². The zero-order chi connectivity index (χ0) is 14.0. The van der Waals surface area contributed by atoms with E-state index in [9.17, 15) is 0 Å². The molecular formula is C15H25BrN2S. The molecule has 19 heavy (non-hydrogen) atoms. The van der Waals surface area contributed by atoms with Crippen molar-refractivity contribution < 1.29 is 0 Å². The summed E-state index contributed by atoms with van der Waals surface area (Å²) in [5, 5.41) is 5.90. The average molecular weight is 345 g/mol. The van der Waals surface area contributed by atoms with Crippen molar-refractivity contribution in [2.45, 2.75) is 51.7 Å². The van der Waals surface area contributed by atoms with Gasteiger partial charge in [-0.3, -0.25) is 4.90 Å². The molecular weight excluding hydrogens is 320 g/mol. The normalized spacial score (nSPS) is 23.7. The van der Waals surface area contributed by atoms with Gasteiger partial charge in [-0.1, -0.05) is 0 Å². The number of rotatable bonds is 5. The van der Waals surface area contributed by atoms with Crippen molar-refractivity contribution in [3.63, 3.8) is 0 Å². The maximum atomic E-state index is 3.64. The van der Waals surface area contributed by atoms with E-state index in [0.29, 0.717) is 0 Å². The van der Waals surface area contributed by atoms with Crippen LogP contribution in [0, 0.1) is 5.92 Å². The Labute approximate surface area is 129 Å². The van der Waals surface area contributed by atoms with Crippen LogP contribution in [0.5, 0.6) is 0 Å². The Balaban J connectivity index is 1.81. The molecule has 0 spiro atoms. The van der Waals surface area contributed by atoms with Gasteiger partial charge in [0.05, 0.1) is 3.79 Å². The number of thiophene rings is 1. The van der Waals surface area contributed by atoms with E-state index in [-0.39, 0.29) is 5.54 Å². The molecule has 0 aliphatic heterocycles. The highest BCUT2D eigenvalue weighted by molar-refractivity contribution is 9.11. The summed E-state index contributed by atoms with van der Waals surface area (Å²) < 4.78 is 1.23. The van der Waals surface area contributed by atoms with Gasteiger partial charge < -0.3 is 5.32 Å². The van der Waals surface area contributed by atoms with Gasteiger partial charge in [-0.15, -0.1) is 11.3 Å². The minimum Gasteiger partial charge on any atom is -0.312 e. The first-order valence-corrected chi connectivity index (χ1v) is 8.70. The highest BCUT2D eigenvalue weighted by Gasteiger charge is 2.34. The Morgan fingerprint density at radius 1 is 1.42 bits per heavy atom. The number of hydrogen-bond acceptors (Lipinski definition) is 3. The van der Waals surface area contributed by atoms with Crippen molar-refractivity contribution in [1.82, 2.24) is 10.2 Å². The molecule has 2 nitrogen and oxygen atoms in total. The Hall–Kier alpha value is 0.1000. The summed E-state index contributed by atoms with van der Waals surface area (Å²) in [5.74, 6) is 0.811. The zero-order valence-corrected chi connectivity index (χ0v) is 14.8. The second kappa shape index (κ2) is 6.25. The predicted molar refractivity (Wildman–Crippen MR) is 87.8 cm³/mol. The largest absolute Gasteiger partial charge is 0.312 e. The second-order valence-corrected chi connectivity index (χ2v) is 9.00. The maximum Gasteiger partial charge on any atom is 0.0701 e. The van der Waals surface area contributed by atoms with E-state index in [0.717, 1.165) is 25.0 Å². The van der Waals surface area contributed by atoms with Gasteiger partial charge in [0, 0.05) is 18.1 Å². The van der Waals surface area contributed by atoms with Gasteiger partial charge in [0.2, 0.25) is 0 Å². The molecule has 0 bridgehead atoms. The van der Waals surface area contributed by atoms with Gasteiger partial charge in [0.15, 0.2) is 0 Å². The Bertz CT molecular complexity index is 411. The van der Waals surface area contributed by atoms with Crippen LogP contribution in [0.25, 0.3) is 0 Å². The first-order valence-electron chi connectivity index (χ1n) is 7.03.